The van der Waals surface area contributed by atoms with Gasteiger partial charge in [0.15, 0.2) is 0 Å². The van der Waals surface area contributed by atoms with Gasteiger partial charge in [0, 0.05) is 42.9 Å². The van der Waals surface area contributed by atoms with Crippen LogP contribution in [0.25, 0.3) is 10.8 Å². The van der Waals surface area contributed by atoms with E-state index in [-0.39, 0.29) is 0 Å². The summed E-state index contributed by atoms with van der Waals surface area (Å²) in [6, 6.07) is 18.8. The van der Waals surface area contributed by atoms with Gasteiger partial charge >= 0.3 is 0 Å². The number of rotatable bonds is 3. The van der Waals surface area contributed by atoms with E-state index in [4.69, 9.17) is 4.99 Å². The highest BCUT2D eigenvalue weighted by molar-refractivity contribution is 6.18. The summed E-state index contributed by atoms with van der Waals surface area (Å²) in [5.41, 5.74) is 3.42. The van der Waals surface area contributed by atoms with Crippen molar-refractivity contribution in [3.05, 3.63) is 72.1 Å². The number of nitrogens with zero attached hydrogens (tertiary/aromatic N) is 3. The molecule has 3 nitrogen and oxygen atoms in total. The van der Waals surface area contributed by atoms with E-state index >= 15 is 0 Å². The van der Waals surface area contributed by atoms with Crippen molar-refractivity contribution < 1.29 is 0 Å². The topological polar surface area (TPSA) is 28.5 Å². The van der Waals surface area contributed by atoms with Gasteiger partial charge < -0.3 is 4.90 Å². The Morgan fingerprint density at radius 3 is 2.64 bits per heavy atom. The summed E-state index contributed by atoms with van der Waals surface area (Å²) in [6.07, 6.45) is 2.77. The fraction of sp³-hybridized carbons (Fsp3) is 0.158. The Bertz CT molecular complexity index is 848. The molecule has 108 valence electrons. The van der Waals surface area contributed by atoms with E-state index < -0.39 is 0 Å². The molecule has 1 aliphatic rings. The summed E-state index contributed by atoms with van der Waals surface area (Å²) >= 11 is 0. The van der Waals surface area contributed by atoms with E-state index in [0.717, 1.165) is 30.2 Å². The first kappa shape index (κ1) is 13.0. The number of hydrogen-bond acceptors (Lipinski definition) is 3. The van der Waals surface area contributed by atoms with Gasteiger partial charge in [-0.1, -0.05) is 36.4 Å². The van der Waals surface area contributed by atoms with Crippen molar-refractivity contribution in [2.75, 3.05) is 13.6 Å². The number of likely N-dealkylation sites (N-methyl/N-ethyl adjacent to an activating group) is 1. The second-order valence-corrected chi connectivity index (χ2v) is 5.61. The Balaban J connectivity index is 1.61. The number of aromatic nitrogens is 1. The van der Waals surface area contributed by atoms with Crippen LogP contribution >= 0.6 is 0 Å². The lowest BCUT2D eigenvalue weighted by Gasteiger charge is -2.19. The molecule has 2 heterocycles. The van der Waals surface area contributed by atoms with Crippen molar-refractivity contribution >= 4 is 22.3 Å². The van der Waals surface area contributed by atoms with E-state index in [1.807, 2.05) is 18.3 Å². The third-order valence-electron chi connectivity index (χ3n) is 4.14. The van der Waals surface area contributed by atoms with E-state index in [1.165, 1.54) is 16.3 Å². The summed E-state index contributed by atoms with van der Waals surface area (Å²) in [6.45, 7) is 0.903. The Morgan fingerprint density at radius 2 is 1.82 bits per heavy atom. The zero-order valence-electron chi connectivity index (χ0n) is 12.5. The standard InChI is InChI=1S/C19H17N3/c1-22(13-11-15-8-2-3-12-20-15)19-16-9-4-6-14-7-5-10-17(21-19)18(14)16/h2-10,12H,11,13H2,1H3. The van der Waals surface area contributed by atoms with Crippen LogP contribution in [0.1, 0.15) is 11.3 Å². The molecule has 3 aromatic rings. The first-order chi connectivity index (χ1) is 10.8. The highest BCUT2D eigenvalue weighted by Crippen LogP contribution is 2.35. The van der Waals surface area contributed by atoms with Gasteiger partial charge in [-0.15, -0.1) is 0 Å². The molecule has 0 saturated carbocycles. The van der Waals surface area contributed by atoms with Crippen molar-refractivity contribution in [1.82, 2.24) is 9.88 Å². The molecular formula is C19H17N3. The maximum absolute atomic E-state index is 4.83. The normalized spacial score (nSPS) is 12.5. The Hall–Kier alpha value is -2.68. The molecule has 0 saturated heterocycles. The predicted octanol–water partition coefficient (Wildman–Crippen LogP) is 3.80. The fourth-order valence-electron chi connectivity index (χ4n) is 3.00. The van der Waals surface area contributed by atoms with Crippen LogP contribution in [0.4, 0.5) is 5.69 Å². The van der Waals surface area contributed by atoms with Crippen LogP contribution in [0.2, 0.25) is 0 Å². The fourth-order valence-corrected chi connectivity index (χ4v) is 3.00. The van der Waals surface area contributed by atoms with E-state index in [9.17, 15) is 0 Å². The molecule has 0 spiro atoms. The SMILES string of the molecule is CN(CCc1ccccn1)C1=Nc2cccc3cccc1c23. The van der Waals surface area contributed by atoms with E-state index in [1.54, 1.807) is 0 Å². The van der Waals surface area contributed by atoms with Crippen LogP contribution in [-0.2, 0) is 6.42 Å². The maximum Gasteiger partial charge on any atom is 0.137 e. The van der Waals surface area contributed by atoms with Crippen LogP contribution in [0.15, 0.2) is 65.8 Å². The third-order valence-corrected chi connectivity index (χ3v) is 4.14. The highest BCUT2D eigenvalue weighted by atomic mass is 15.2. The molecule has 2 aromatic carbocycles. The Labute approximate surface area is 129 Å². The molecule has 0 bridgehead atoms. The number of aliphatic imine (C=N–C) groups is 1. The summed E-state index contributed by atoms with van der Waals surface area (Å²) in [5.74, 6) is 1.06. The quantitative estimate of drug-likeness (QED) is 0.733. The van der Waals surface area contributed by atoms with Crippen LogP contribution in [0, 0.1) is 0 Å². The van der Waals surface area contributed by atoms with E-state index in [0.29, 0.717) is 0 Å². The monoisotopic (exact) mass is 287 g/mol. The molecule has 0 atom stereocenters. The molecule has 22 heavy (non-hydrogen) atoms. The van der Waals surface area contributed by atoms with Gasteiger partial charge in [-0.3, -0.25) is 4.98 Å². The zero-order chi connectivity index (χ0) is 14.9. The molecule has 0 fully saturated rings. The van der Waals surface area contributed by atoms with Crippen LogP contribution in [0.5, 0.6) is 0 Å². The highest BCUT2D eigenvalue weighted by Gasteiger charge is 2.20. The minimum Gasteiger partial charge on any atom is -0.359 e. The number of hydrogen-bond donors (Lipinski definition) is 0. The predicted molar refractivity (Wildman–Crippen MR) is 90.7 cm³/mol. The molecule has 0 aliphatic carbocycles. The molecule has 0 amide bonds. The summed E-state index contributed by atoms with van der Waals surface area (Å²) in [4.78, 5) is 11.4. The lowest BCUT2D eigenvalue weighted by Crippen LogP contribution is -2.28. The van der Waals surface area contributed by atoms with Crippen molar-refractivity contribution in [2.45, 2.75) is 6.42 Å². The lowest BCUT2D eigenvalue weighted by molar-refractivity contribution is 0.507. The molecule has 3 heteroatoms. The second kappa shape index (κ2) is 5.26. The molecule has 0 radical (unpaired) electrons. The Morgan fingerprint density at radius 1 is 0.955 bits per heavy atom. The Kier molecular flexibility index (Phi) is 3.11. The molecule has 4 rings (SSSR count). The first-order valence-corrected chi connectivity index (χ1v) is 7.55. The second-order valence-electron chi connectivity index (χ2n) is 5.61. The third kappa shape index (κ3) is 2.15. The van der Waals surface area contributed by atoms with Gasteiger partial charge in [-0.25, -0.2) is 4.99 Å². The molecule has 1 aromatic heterocycles. The zero-order valence-corrected chi connectivity index (χ0v) is 12.5. The largest absolute Gasteiger partial charge is 0.359 e. The molecule has 0 N–H and O–H groups in total. The van der Waals surface area contributed by atoms with Gasteiger partial charge in [-0.2, -0.15) is 0 Å². The maximum atomic E-state index is 4.83. The summed E-state index contributed by atoms with van der Waals surface area (Å²) in [5, 5.41) is 2.52. The molecule has 0 unspecified atom stereocenters. The summed E-state index contributed by atoms with van der Waals surface area (Å²) < 4.78 is 0. The summed E-state index contributed by atoms with van der Waals surface area (Å²) in [7, 11) is 2.10. The van der Waals surface area contributed by atoms with Gasteiger partial charge in [0.25, 0.3) is 0 Å². The minimum atomic E-state index is 0.903. The average Bonchev–Trinajstić information content (AvgIpc) is 2.95. The van der Waals surface area contributed by atoms with Crippen molar-refractivity contribution in [1.29, 1.82) is 0 Å². The van der Waals surface area contributed by atoms with Gasteiger partial charge in [0.2, 0.25) is 0 Å². The smallest absolute Gasteiger partial charge is 0.137 e. The number of pyridine rings is 1. The van der Waals surface area contributed by atoms with Gasteiger partial charge in [0.1, 0.15) is 5.84 Å². The van der Waals surface area contributed by atoms with E-state index in [2.05, 4.69) is 59.4 Å². The first-order valence-electron chi connectivity index (χ1n) is 7.55. The number of benzene rings is 2. The number of amidine groups is 1. The van der Waals surface area contributed by atoms with Crippen LogP contribution < -0.4 is 0 Å². The van der Waals surface area contributed by atoms with Crippen molar-refractivity contribution in [3.63, 3.8) is 0 Å². The van der Waals surface area contributed by atoms with Crippen LogP contribution in [0.3, 0.4) is 0 Å². The minimum absolute atomic E-state index is 0.903. The molecular weight excluding hydrogens is 270 g/mol. The van der Waals surface area contributed by atoms with Crippen molar-refractivity contribution in [3.8, 4) is 0 Å². The lowest BCUT2D eigenvalue weighted by atomic mass is 10.0. The molecule has 1 aliphatic heterocycles. The van der Waals surface area contributed by atoms with Crippen LogP contribution in [-0.4, -0.2) is 29.3 Å². The van der Waals surface area contributed by atoms with Crippen molar-refractivity contribution in [2.24, 2.45) is 4.99 Å². The average molecular weight is 287 g/mol. The van der Waals surface area contributed by atoms with Gasteiger partial charge in [-0.05, 0) is 23.6 Å². The van der Waals surface area contributed by atoms with Gasteiger partial charge in [0.05, 0.1) is 5.69 Å².